The molecule has 1 N–H and O–H groups in total. The van der Waals surface area contributed by atoms with Crippen molar-refractivity contribution in [1.82, 2.24) is 0 Å². The summed E-state index contributed by atoms with van der Waals surface area (Å²) < 4.78 is 0. The van der Waals surface area contributed by atoms with Crippen LogP contribution in [-0.4, -0.2) is 17.5 Å². The largest absolute Gasteiger partial charge is 0.389 e. The van der Waals surface area contributed by atoms with Crippen LogP contribution in [0.1, 0.15) is 52.9 Å². The molecule has 1 fully saturated rings. The van der Waals surface area contributed by atoms with E-state index in [-0.39, 0.29) is 18.3 Å². The van der Waals surface area contributed by atoms with Gasteiger partial charge in [-0.3, -0.25) is 4.79 Å². The molecule has 0 amide bonds. The Morgan fingerprint density at radius 2 is 1.80 bits per heavy atom. The molecule has 0 atom stereocenters. The SMILES string of the molecule is CCC(C)(C)C1CCC(C(=O)CO)CC1. The second-order valence-electron chi connectivity index (χ2n) is 5.52. The van der Waals surface area contributed by atoms with E-state index >= 15 is 0 Å². The molecule has 0 aromatic heterocycles. The lowest BCUT2D eigenvalue weighted by atomic mass is 9.67. The minimum Gasteiger partial charge on any atom is -0.389 e. The first-order chi connectivity index (χ1) is 7.01. The van der Waals surface area contributed by atoms with Crippen molar-refractivity contribution in [2.24, 2.45) is 17.3 Å². The third-order valence-electron chi connectivity index (χ3n) is 4.35. The Hall–Kier alpha value is -0.370. The van der Waals surface area contributed by atoms with Crippen molar-refractivity contribution in [3.63, 3.8) is 0 Å². The van der Waals surface area contributed by atoms with E-state index in [4.69, 9.17) is 5.11 Å². The number of Topliss-reactive ketones (excluding diaryl/α,β-unsaturated/α-hetero) is 1. The second-order valence-corrected chi connectivity index (χ2v) is 5.52. The maximum atomic E-state index is 11.3. The summed E-state index contributed by atoms with van der Waals surface area (Å²) in [4.78, 5) is 11.3. The van der Waals surface area contributed by atoms with Gasteiger partial charge in [0.05, 0.1) is 0 Å². The van der Waals surface area contributed by atoms with Gasteiger partial charge in [0.25, 0.3) is 0 Å². The molecule has 0 spiro atoms. The van der Waals surface area contributed by atoms with Crippen molar-refractivity contribution in [2.75, 3.05) is 6.61 Å². The first-order valence-corrected chi connectivity index (χ1v) is 6.14. The first kappa shape index (κ1) is 12.7. The zero-order valence-corrected chi connectivity index (χ0v) is 10.3. The molecule has 0 unspecified atom stereocenters. The van der Waals surface area contributed by atoms with Gasteiger partial charge in [0.1, 0.15) is 6.61 Å². The molecule has 0 radical (unpaired) electrons. The van der Waals surface area contributed by atoms with Crippen LogP contribution in [0.5, 0.6) is 0 Å². The van der Waals surface area contributed by atoms with Crippen LogP contribution < -0.4 is 0 Å². The van der Waals surface area contributed by atoms with Gasteiger partial charge in [-0.05, 0) is 37.0 Å². The van der Waals surface area contributed by atoms with Crippen LogP contribution in [0.3, 0.4) is 0 Å². The van der Waals surface area contributed by atoms with Crippen molar-refractivity contribution in [1.29, 1.82) is 0 Å². The van der Waals surface area contributed by atoms with E-state index in [2.05, 4.69) is 20.8 Å². The molecule has 0 aromatic carbocycles. The zero-order valence-electron chi connectivity index (χ0n) is 10.3. The van der Waals surface area contributed by atoms with E-state index in [1.54, 1.807) is 0 Å². The molecule has 2 heteroatoms. The fourth-order valence-electron chi connectivity index (χ4n) is 2.61. The Labute approximate surface area is 93.1 Å². The van der Waals surface area contributed by atoms with E-state index in [0.29, 0.717) is 5.41 Å². The number of rotatable bonds is 4. The predicted octanol–water partition coefficient (Wildman–Crippen LogP) is 2.79. The topological polar surface area (TPSA) is 37.3 Å². The Kier molecular flexibility index (Phi) is 4.32. The molecule has 0 bridgehead atoms. The van der Waals surface area contributed by atoms with E-state index in [1.165, 1.54) is 6.42 Å². The number of carbonyl (C=O) groups is 1. The molecule has 1 aliphatic rings. The van der Waals surface area contributed by atoms with Gasteiger partial charge in [0.2, 0.25) is 0 Å². The molecular formula is C13H24O2. The number of hydrogen-bond acceptors (Lipinski definition) is 2. The van der Waals surface area contributed by atoms with Gasteiger partial charge >= 0.3 is 0 Å². The zero-order chi connectivity index (χ0) is 11.5. The summed E-state index contributed by atoms with van der Waals surface area (Å²) in [6, 6.07) is 0. The molecule has 0 aliphatic heterocycles. The minimum absolute atomic E-state index is 0.0442. The minimum atomic E-state index is -0.271. The van der Waals surface area contributed by atoms with Crippen LogP contribution in [0, 0.1) is 17.3 Å². The lowest BCUT2D eigenvalue weighted by Crippen LogP contribution is -2.31. The molecule has 0 heterocycles. The molecule has 0 aromatic rings. The number of aliphatic hydroxyl groups excluding tert-OH is 1. The van der Waals surface area contributed by atoms with E-state index in [1.807, 2.05) is 0 Å². The van der Waals surface area contributed by atoms with Crippen LogP contribution in [0.4, 0.5) is 0 Å². The quantitative estimate of drug-likeness (QED) is 0.778. The Balaban J connectivity index is 2.46. The van der Waals surface area contributed by atoms with Gasteiger partial charge in [-0.2, -0.15) is 0 Å². The van der Waals surface area contributed by atoms with Gasteiger partial charge in [-0.15, -0.1) is 0 Å². The monoisotopic (exact) mass is 212 g/mol. The fraction of sp³-hybridized carbons (Fsp3) is 0.923. The average molecular weight is 212 g/mol. The van der Waals surface area contributed by atoms with Crippen molar-refractivity contribution < 1.29 is 9.90 Å². The molecule has 2 nitrogen and oxygen atoms in total. The van der Waals surface area contributed by atoms with Crippen molar-refractivity contribution in [3.05, 3.63) is 0 Å². The third kappa shape index (κ3) is 3.04. The number of aliphatic hydroxyl groups is 1. The maximum Gasteiger partial charge on any atom is 0.161 e. The Morgan fingerprint density at radius 3 is 2.20 bits per heavy atom. The summed E-state index contributed by atoms with van der Waals surface area (Å²) in [6.07, 6.45) is 5.46. The number of ketones is 1. The number of carbonyl (C=O) groups excluding carboxylic acids is 1. The highest BCUT2D eigenvalue weighted by Crippen LogP contribution is 2.42. The first-order valence-electron chi connectivity index (χ1n) is 6.14. The van der Waals surface area contributed by atoms with Crippen molar-refractivity contribution >= 4 is 5.78 Å². The van der Waals surface area contributed by atoms with Gasteiger partial charge in [0.15, 0.2) is 5.78 Å². The van der Waals surface area contributed by atoms with Crippen molar-refractivity contribution in [2.45, 2.75) is 52.9 Å². The summed E-state index contributed by atoms with van der Waals surface area (Å²) in [5.41, 5.74) is 0.410. The lowest BCUT2D eigenvalue weighted by molar-refractivity contribution is -0.127. The predicted molar refractivity (Wildman–Crippen MR) is 61.6 cm³/mol. The van der Waals surface area contributed by atoms with E-state index in [0.717, 1.165) is 31.6 Å². The van der Waals surface area contributed by atoms with Crippen LogP contribution in [0.25, 0.3) is 0 Å². The second kappa shape index (κ2) is 5.11. The summed E-state index contributed by atoms with van der Waals surface area (Å²) in [5, 5.41) is 8.81. The fourth-order valence-corrected chi connectivity index (χ4v) is 2.61. The molecule has 15 heavy (non-hydrogen) atoms. The smallest absolute Gasteiger partial charge is 0.161 e. The van der Waals surface area contributed by atoms with Crippen LogP contribution >= 0.6 is 0 Å². The van der Waals surface area contributed by atoms with E-state index in [9.17, 15) is 4.79 Å². The third-order valence-corrected chi connectivity index (χ3v) is 4.35. The summed E-state index contributed by atoms with van der Waals surface area (Å²) in [6.45, 7) is 6.62. The van der Waals surface area contributed by atoms with E-state index < -0.39 is 0 Å². The lowest BCUT2D eigenvalue weighted by Gasteiger charge is -2.38. The van der Waals surface area contributed by atoms with Crippen LogP contribution in [-0.2, 0) is 4.79 Å². The molecule has 0 saturated heterocycles. The highest BCUT2D eigenvalue weighted by Gasteiger charge is 2.33. The normalized spacial score (nSPS) is 27.7. The summed E-state index contributed by atoms with van der Waals surface area (Å²) >= 11 is 0. The standard InChI is InChI=1S/C13H24O2/c1-4-13(2,3)11-7-5-10(6-8-11)12(15)9-14/h10-11,14H,4-9H2,1-3H3. The maximum absolute atomic E-state index is 11.3. The highest BCUT2D eigenvalue weighted by molar-refractivity contribution is 5.81. The Bertz CT molecular complexity index is 213. The molecule has 1 rings (SSSR count). The van der Waals surface area contributed by atoms with Gasteiger partial charge < -0.3 is 5.11 Å². The summed E-state index contributed by atoms with van der Waals surface area (Å²) in [7, 11) is 0. The highest BCUT2D eigenvalue weighted by atomic mass is 16.3. The Morgan fingerprint density at radius 1 is 1.27 bits per heavy atom. The molecule has 1 saturated carbocycles. The number of hydrogen-bond donors (Lipinski definition) is 1. The van der Waals surface area contributed by atoms with Crippen molar-refractivity contribution in [3.8, 4) is 0 Å². The average Bonchev–Trinajstić information content (AvgIpc) is 2.28. The van der Waals surface area contributed by atoms with Crippen LogP contribution in [0.15, 0.2) is 0 Å². The van der Waals surface area contributed by atoms with Gasteiger partial charge in [-0.1, -0.05) is 27.2 Å². The summed E-state index contributed by atoms with van der Waals surface area (Å²) in [5.74, 6) is 0.937. The van der Waals surface area contributed by atoms with Crippen LogP contribution in [0.2, 0.25) is 0 Å². The molecular weight excluding hydrogens is 188 g/mol. The van der Waals surface area contributed by atoms with Gasteiger partial charge in [-0.25, -0.2) is 0 Å². The molecule has 88 valence electrons. The molecule has 1 aliphatic carbocycles. The van der Waals surface area contributed by atoms with Gasteiger partial charge in [0, 0.05) is 5.92 Å².